The van der Waals surface area contributed by atoms with Crippen LogP contribution in [0.15, 0.2) is 78.9 Å². The van der Waals surface area contributed by atoms with Crippen LogP contribution in [0, 0.1) is 0 Å². The zero-order valence-electron chi connectivity index (χ0n) is 16.4. The molecule has 4 nitrogen and oxygen atoms in total. The molecule has 0 heterocycles. The summed E-state index contributed by atoms with van der Waals surface area (Å²) in [5, 5.41) is 6.12. The zero-order chi connectivity index (χ0) is 20.5. The van der Waals surface area contributed by atoms with Crippen molar-refractivity contribution in [3.05, 3.63) is 84.4 Å². The predicted octanol–water partition coefficient (Wildman–Crippen LogP) is 5.66. The average molecular weight is 405 g/mol. The zero-order valence-corrected chi connectivity index (χ0v) is 17.2. The van der Waals surface area contributed by atoms with Crippen molar-refractivity contribution in [2.24, 2.45) is 0 Å². The molecule has 29 heavy (non-hydrogen) atoms. The molecule has 3 rings (SSSR count). The van der Waals surface area contributed by atoms with Crippen LogP contribution in [-0.4, -0.2) is 17.6 Å². The number of nitrogens with one attached hydrogen (secondary N) is 2. The Labute approximate surface area is 176 Å². The average Bonchev–Trinajstić information content (AvgIpc) is 2.75. The van der Waals surface area contributed by atoms with Crippen LogP contribution in [0.3, 0.4) is 0 Å². The van der Waals surface area contributed by atoms with Gasteiger partial charge in [-0.3, -0.25) is 10.1 Å². The highest BCUT2D eigenvalue weighted by atomic mass is 32.1. The fourth-order valence-electron chi connectivity index (χ4n) is 2.83. The Morgan fingerprint density at radius 1 is 0.931 bits per heavy atom. The summed E-state index contributed by atoms with van der Waals surface area (Å²) in [5.41, 5.74) is 3.44. The van der Waals surface area contributed by atoms with E-state index in [4.69, 9.17) is 17.0 Å². The van der Waals surface area contributed by atoms with Crippen LogP contribution in [0.4, 0.5) is 5.69 Å². The number of carbonyl (C=O) groups is 1. The lowest BCUT2D eigenvalue weighted by Gasteiger charge is -2.14. The number of carbonyl (C=O) groups excluding carboxylic acids is 1. The second-order valence-corrected chi connectivity index (χ2v) is 6.95. The molecule has 0 unspecified atom stereocenters. The smallest absolute Gasteiger partial charge is 0.257 e. The van der Waals surface area contributed by atoms with E-state index in [-0.39, 0.29) is 11.0 Å². The Kier molecular flexibility index (Phi) is 7.36. The fourth-order valence-corrected chi connectivity index (χ4v) is 3.03. The van der Waals surface area contributed by atoms with Crippen LogP contribution < -0.4 is 15.4 Å². The minimum absolute atomic E-state index is 0.252. The minimum atomic E-state index is -0.264. The van der Waals surface area contributed by atoms with Crippen molar-refractivity contribution in [2.75, 3.05) is 11.9 Å². The third-order valence-electron chi connectivity index (χ3n) is 4.37. The van der Waals surface area contributed by atoms with Gasteiger partial charge in [-0.25, -0.2) is 0 Å². The monoisotopic (exact) mass is 404 g/mol. The van der Waals surface area contributed by atoms with Gasteiger partial charge in [0.2, 0.25) is 0 Å². The Bertz CT molecular complexity index is 956. The summed E-state index contributed by atoms with van der Waals surface area (Å²) in [6.45, 7) is 2.79. The van der Waals surface area contributed by atoms with Crippen molar-refractivity contribution < 1.29 is 9.53 Å². The SMILES string of the molecule is CCCCOc1ccc(C(=O)NC(=S)Nc2ccccc2-c2ccccc2)cc1. The van der Waals surface area contributed by atoms with Crippen molar-refractivity contribution in [3.63, 3.8) is 0 Å². The molecule has 3 aromatic rings. The van der Waals surface area contributed by atoms with Gasteiger partial charge in [0.1, 0.15) is 5.75 Å². The van der Waals surface area contributed by atoms with Gasteiger partial charge >= 0.3 is 0 Å². The second kappa shape index (κ2) is 10.4. The highest BCUT2D eigenvalue weighted by Gasteiger charge is 2.10. The number of ether oxygens (including phenoxy) is 1. The van der Waals surface area contributed by atoms with E-state index in [0.29, 0.717) is 12.2 Å². The first kappa shape index (κ1) is 20.6. The van der Waals surface area contributed by atoms with Crippen LogP contribution in [0.25, 0.3) is 11.1 Å². The third-order valence-corrected chi connectivity index (χ3v) is 4.57. The molecule has 0 saturated carbocycles. The summed E-state index contributed by atoms with van der Waals surface area (Å²) >= 11 is 5.35. The van der Waals surface area contributed by atoms with Crippen LogP contribution in [0.2, 0.25) is 0 Å². The Hall–Kier alpha value is -3.18. The third kappa shape index (κ3) is 5.90. The maximum absolute atomic E-state index is 12.5. The van der Waals surface area contributed by atoms with E-state index < -0.39 is 0 Å². The number of para-hydroxylation sites is 1. The number of unbranched alkanes of at least 4 members (excludes halogenated alkanes) is 1. The number of rotatable bonds is 7. The molecule has 1 amide bonds. The summed E-state index contributed by atoms with van der Waals surface area (Å²) in [5.74, 6) is 0.493. The van der Waals surface area contributed by atoms with E-state index in [1.807, 2.05) is 54.6 Å². The van der Waals surface area contributed by atoms with Gasteiger partial charge in [0.25, 0.3) is 5.91 Å². The van der Waals surface area contributed by atoms with E-state index in [9.17, 15) is 4.79 Å². The lowest BCUT2D eigenvalue weighted by molar-refractivity contribution is 0.0977. The largest absolute Gasteiger partial charge is 0.494 e. The lowest BCUT2D eigenvalue weighted by Crippen LogP contribution is -2.34. The van der Waals surface area contributed by atoms with Crippen molar-refractivity contribution >= 4 is 28.9 Å². The number of thiocarbonyl (C=S) groups is 1. The molecule has 0 spiro atoms. The molecule has 0 fully saturated rings. The quantitative estimate of drug-likeness (QED) is 0.394. The number of benzene rings is 3. The second-order valence-electron chi connectivity index (χ2n) is 6.55. The standard InChI is InChI=1S/C24H24N2O2S/c1-2-3-17-28-20-15-13-19(14-16-20)23(27)26-24(29)25-22-12-8-7-11-21(22)18-9-5-4-6-10-18/h4-16H,2-3,17H2,1H3,(H2,25,26,27,29). The van der Waals surface area contributed by atoms with E-state index >= 15 is 0 Å². The van der Waals surface area contributed by atoms with Crippen molar-refractivity contribution in [2.45, 2.75) is 19.8 Å². The van der Waals surface area contributed by atoms with E-state index in [1.165, 1.54) is 0 Å². The van der Waals surface area contributed by atoms with Gasteiger partial charge in [-0.05, 0) is 54.5 Å². The fraction of sp³-hybridized carbons (Fsp3) is 0.167. The summed E-state index contributed by atoms with van der Waals surface area (Å²) in [7, 11) is 0. The molecule has 0 aliphatic rings. The summed E-state index contributed by atoms with van der Waals surface area (Å²) in [6.07, 6.45) is 2.09. The molecule has 0 bridgehead atoms. The summed E-state index contributed by atoms with van der Waals surface area (Å²) < 4.78 is 5.63. The molecule has 2 N–H and O–H groups in total. The van der Waals surface area contributed by atoms with Gasteiger partial charge in [0.15, 0.2) is 5.11 Å². The molecule has 0 radical (unpaired) electrons. The summed E-state index contributed by atoms with van der Waals surface area (Å²) in [4.78, 5) is 12.5. The van der Waals surface area contributed by atoms with Gasteiger partial charge in [-0.2, -0.15) is 0 Å². The topological polar surface area (TPSA) is 50.4 Å². The van der Waals surface area contributed by atoms with E-state index in [0.717, 1.165) is 35.4 Å². The normalized spacial score (nSPS) is 10.2. The highest BCUT2D eigenvalue weighted by Crippen LogP contribution is 2.27. The number of hydrogen-bond acceptors (Lipinski definition) is 3. The lowest BCUT2D eigenvalue weighted by atomic mass is 10.0. The summed E-state index contributed by atoms with van der Waals surface area (Å²) in [6, 6.07) is 24.9. The number of amides is 1. The van der Waals surface area contributed by atoms with E-state index in [1.54, 1.807) is 24.3 Å². The van der Waals surface area contributed by atoms with Gasteiger partial charge in [-0.1, -0.05) is 61.9 Å². The van der Waals surface area contributed by atoms with Crippen LogP contribution in [-0.2, 0) is 0 Å². The maximum atomic E-state index is 12.5. The first-order valence-corrected chi connectivity index (χ1v) is 10.1. The molecule has 0 aromatic heterocycles. The predicted molar refractivity (Wildman–Crippen MR) is 122 cm³/mol. The Balaban J connectivity index is 1.62. The molecule has 5 heteroatoms. The Morgan fingerprint density at radius 3 is 2.34 bits per heavy atom. The van der Waals surface area contributed by atoms with Crippen LogP contribution in [0.1, 0.15) is 30.1 Å². The van der Waals surface area contributed by atoms with E-state index in [2.05, 4.69) is 17.6 Å². The molecular formula is C24H24N2O2S. The van der Waals surface area contributed by atoms with Crippen molar-refractivity contribution in [1.82, 2.24) is 5.32 Å². The minimum Gasteiger partial charge on any atom is -0.494 e. The van der Waals surface area contributed by atoms with Crippen LogP contribution in [0.5, 0.6) is 5.75 Å². The molecular weight excluding hydrogens is 380 g/mol. The van der Waals surface area contributed by atoms with Gasteiger partial charge in [0.05, 0.1) is 6.61 Å². The first-order valence-electron chi connectivity index (χ1n) is 9.67. The van der Waals surface area contributed by atoms with Gasteiger partial charge in [0, 0.05) is 16.8 Å². The first-order chi connectivity index (χ1) is 14.2. The number of anilines is 1. The molecule has 0 saturated heterocycles. The maximum Gasteiger partial charge on any atom is 0.257 e. The van der Waals surface area contributed by atoms with Crippen molar-refractivity contribution in [1.29, 1.82) is 0 Å². The molecule has 0 aliphatic heterocycles. The molecule has 0 atom stereocenters. The highest BCUT2D eigenvalue weighted by molar-refractivity contribution is 7.80. The number of hydrogen-bond donors (Lipinski definition) is 2. The van der Waals surface area contributed by atoms with Gasteiger partial charge < -0.3 is 10.1 Å². The van der Waals surface area contributed by atoms with Crippen molar-refractivity contribution in [3.8, 4) is 16.9 Å². The van der Waals surface area contributed by atoms with Crippen LogP contribution >= 0.6 is 12.2 Å². The molecule has 148 valence electrons. The Morgan fingerprint density at radius 2 is 1.62 bits per heavy atom. The van der Waals surface area contributed by atoms with Gasteiger partial charge in [-0.15, -0.1) is 0 Å². The molecule has 0 aliphatic carbocycles. The molecule has 3 aromatic carbocycles.